The Morgan fingerprint density at radius 2 is 2.00 bits per heavy atom. The Kier molecular flexibility index (Phi) is 4.38. The second-order valence-corrected chi connectivity index (χ2v) is 13.3. The van der Waals surface area contributed by atoms with Gasteiger partial charge in [0.25, 0.3) is 0 Å². The van der Waals surface area contributed by atoms with E-state index in [0.717, 1.165) is 20.2 Å². The normalized spacial score (nSPS) is 43.5. The molecule has 2 spiro atoms. The molecule has 4 aliphatic heterocycles. The Morgan fingerprint density at radius 3 is 2.79 bits per heavy atom. The summed E-state index contributed by atoms with van der Waals surface area (Å²) in [4.78, 5) is 55.5. The predicted molar refractivity (Wildman–Crippen MR) is 136 cm³/mol. The first-order valence-corrected chi connectivity index (χ1v) is 14.4. The van der Waals surface area contributed by atoms with Crippen molar-refractivity contribution < 1.29 is 38.1 Å². The number of imidazole rings is 1. The molecule has 9 rings (SSSR count). The van der Waals surface area contributed by atoms with Gasteiger partial charge in [0.2, 0.25) is 0 Å². The van der Waals surface area contributed by atoms with Crippen molar-refractivity contribution in [3.63, 3.8) is 0 Å². The van der Waals surface area contributed by atoms with E-state index in [9.17, 15) is 19.2 Å². The summed E-state index contributed by atoms with van der Waals surface area (Å²) < 4.78 is 33.5. The van der Waals surface area contributed by atoms with E-state index in [0.29, 0.717) is 25.9 Å². The molecule has 0 radical (unpaired) electrons. The van der Waals surface area contributed by atoms with Gasteiger partial charge in [-0.05, 0) is 36.7 Å². The Balaban J connectivity index is 1.05. The number of nitrogens with zero attached hydrogens (tertiary/aromatic N) is 5. The van der Waals surface area contributed by atoms with Gasteiger partial charge in [0, 0.05) is 18.0 Å². The van der Waals surface area contributed by atoms with Crippen LogP contribution in [-0.4, -0.2) is 89.9 Å². The second kappa shape index (κ2) is 7.34. The minimum atomic E-state index is -0.917. The van der Waals surface area contributed by atoms with Crippen LogP contribution in [0.15, 0.2) is 22.3 Å². The third-order valence-electron chi connectivity index (χ3n) is 11.4. The van der Waals surface area contributed by atoms with Crippen molar-refractivity contribution in [3.8, 4) is 0 Å². The van der Waals surface area contributed by atoms with Crippen molar-refractivity contribution in [3.05, 3.63) is 33.7 Å². The van der Waals surface area contributed by atoms with Gasteiger partial charge in [0.1, 0.15) is 42.8 Å². The number of hydrogen-bond donors (Lipinski definition) is 0. The van der Waals surface area contributed by atoms with E-state index in [-0.39, 0.29) is 52.9 Å². The highest BCUT2D eigenvalue weighted by Gasteiger charge is 3.01. The number of cyclic esters (lactones) is 1. The molecule has 5 fully saturated rings. The monoisotopic (exact) mass is 579 g/mol. The van der Waals surface area contributed by atoms with Gasteiger partial charge in [-0.1, -0.05) is 26.0 Å². The van der Waals surface area contributed by atoms with E-state index in [2.05, 4.69) is 22.2 Å². The molecule has 2 aromatic rings. The smallest absolute Gasteiger partial charge is 0.352 e. The summed E-state index contributed by atoms with van der Waals surface area (Å²) in [5.74, 6) is -1.59. The number of carbonyl (C=O) groups excluding carboxylic acids is 3. The average Bonchev–Trinajstić information content (AvgIpc) is 3.88. The maximum absolute atomic E-state index is 13.5. The lowest BCUT2D eigenvalue weighted by molar-refractivity contribution is -0.168. The number of fused-ring (bicyclic) bond motifs is 5. The highest BCUT2D eigenvalue weighted by molar-refractivity contribution is 6.08. The molecule has 0 amide bonds. The van der Waals surface area contributed by atoms with Crippen LogP contribution in [0, 0.1) is 17.3 Å². The predicted octanol–water partition coefficient (Wildman–Crippen LogP) is 0.0634. The fraction of sp³-hybridized carbons (Fsp3) is 0.679. The lowest BCUT2D eigenvalue weighted by Crippen LogP contribution is -2.70. The molecule has 2 saturated carbocycles. The molecule has 0 bridgehead atoms. The molecule has 9 unspecified atom stereocenters. The van der Waals surface area contributed by atoms with Gasteiger partial charge in [0.15, 0.2) is 28.8 Å². The zero-order valence-electron chi connectivity index (χ0n) is 23.5. The second-order valence-electron chi connectivity index (χ2n) is 13.3. The van der Waals surface area contributed by atoms with Gasteiger partial charge in [-0.2, -0.15) is 4.68 Å². The largest absolute Gasteiger partial charge is 0.458 e. The first kappa shape index (κ1) is 25.0. The summed E-state index contributed by atoms with van der Waals surface area (Å²) in [7, 11) is 1.43. The summed E-state index contributed by atoms with van der Waals surface area (Å²) in [6.07, 6.45) is 1.01. The molecule has 7 aliphatic rings. The van der Waals surface area contributed by atoms with Crippen LogP contribution in [0.2, 0.25) is 0 Å². The molecule has 0 N–H and O–H groups in total. The third-order valence-corrected chi connectivity index (χ3v) is 11.4. The van der Waals surface area contributed by atoms with E-state index in [1.807, 2.05) is 13.8 Å². The maximum Gasteiger partial charge on any atom is 0.352 e. The number of ketones is 1. The first-order valence-electron chi connectivity index (χ1n) is 14.4. The SMILES string of the molecule is CC(C)C12OC1C1OC13C1(C)CCC4=C(COC4=O)C1CC1OC13C2OC(=O)CC(=O)c1ncn2c(=O)n(C)nnc12. The lowest BCUT2D eigenvalue weighted by atomic mass is 9.46. The zero-order valence-corrected chi connectivity index (χ0v) is 23.5. The number of rotatable bonds is 5. The van der Waals surface area contributed by atoms with E-state index < -0.39 is 46.8 Å². The first-order chi connectivity index (χ1) is 20.0. The van der Waals surface area contributed by atoms with Crippen molar-refractivity contribution in [1.29, 1.82) is 0 Å². The fourth-order valence-electron chi connectivity index (χ4n) is 9.31. The maximum atomic E-state index is 13.5. The van der Waals surface area contributed by atoms with Crippen LogP contribution in [0.1, 0.15) is 56.9 Å². The van der Waals surface area contributed by atoms with Crippen molar-refractivity contribution in [1.82, 2.24) is 24.4 Å². The quantitative estimate of drug-likeness (QED) is 0.202. The molecule has 220 valence electrons. The Morgan fingerprint density at radius 1 is 1.19 bits per heavy atom. The van der Waals surface area contributed by atoms with Gasteiger partial charge in [-0.3, -0.25) is 9.59 Å². The highest BCUT2D eigenvalue weighted by Crippen LogP contribution is 2.83. The average molecular weight is 580 g/mol. The zero-order chi connectivity index (χ0) is 29.1. The molecular weight excluding hydrogens is 550 g/mol. The number of Topliss-reactive ketones (excluding diaryl/α,β-unsaturated/α-hetero) is 1. The van der Waals surface area contributed by atoms with Crippen LogP contribution >= 0.6 is 0 Å². The minimum Gasteiger partial charge on any atom is -0.458 e. The minimum absolute atomic E-state index is 0.0203. The molecule has 14 nitrogen and oxygen atoms in total. The van der Waals surface area contributed by atoms with Gasteiger partial charge in [-0.25, -0.2) is 19.0 Å². The summed E-state index contributed by atoms with van der Waals surface area (Å²) in [5, 5.41) is 7.63. The molecule has 14 heteroatoms. The number of ether oxygens (including phenoxy) is 5. The van der Waals surface area contributed by atoms with Crippen molar-refractivity contribution in [2.75, 3.05) is 6.61 Å². The van der Waals surface area contributed by atoms with Crippen molar-refractivity contribution in [2.45, 2.75) is 87.7 Å². The standard InChI is InChI=1S/C28H29N5O9/c1-11(2)26-19(41-26)20-28(42-20)25(3)6-5-12-13(9-38-22(12)36)14(25)7-16-27(28,40-16)23(26)39-17(35)8-15(34)18-21-30-31-32(4)24(37)33(21)10-29-18/h10-11,14,16,19-20,23H,5-9H2,1-4H3. The molecule has 3 aliphatic carbocycles. The molecule has 42 heavy (non-hydrogen) atoms. The van der Waals surface area contributed by atoms with Crippen LogP contribution in [0.3, 0.4) is 0 Å². The van der Waals surface area contributed by atoms with Crippen LogP contribution in [-0.2, 0) is 40.3 Å². The summed E-state index contributed by atoms with van der Waals surface area (Å²) in [6.45, 7) is 6.55. The van der Waals surface area contributed by atoms with E-state index >= 15 is 0 Å². The van der Waals surface area contributed by atoms with Gasteiger partial charge in [-0.15, -0.1) is 5.10 Å². The van der Waals surface area contributed by atoms with E-state index in [1.54, 1.807) is 0 Å². The molecule has 9 atom stereocenters. The highest BCUT2D eigenvalue weighted by atomic mass is 16.8. The molecule has 6 heterocycles. The third kappa shape index (κ3) is 2.54. The summed E-state index contributed by atoms with van der Waals surface area (Å²) >= 11 is 0. The number of hydrogen-bond acceptors (Lipinski definition) is 12. The number of aryl methyl sites for hydroxylation is 1. The molecular formula is C28H29N5O9. The topological polar surface area (TPSA) is 172 Å². The number of epoxide rings is 3. The van der Waals surface area contributed by atoms with Gasteiger partial charge in [0.05, 0.1) is 6.10 Å². The van der Waals surface area contributed by atoms with Gasteiger partial charge >= 0.3 is 17.6 Å². The molecule has 3 saturated heterocycles. The lowest BCUT2D eigenvalue weighted by Gasteiger charge is -2.53. The van der Waals surface area contributed by atoms with Crippen molar-refractivity contribution in [2.24, 2.45) is 24.3 Å². The number of esters is 2. The Hall–Kier alpha value is -3.49. The molecule has 0 aromatic carbocycles. The van der Waals surface area contributed by atoms with Crippen molar-refractivity contribution >= 4 is 23.4 Å². The molecule has 2 aromatic heterocycles. The van der Waals surface area contributed by atoms with Crippen LogP contribution in [0.4, 0.5) is 0 Å². The van der Waals surface area contributed by atoms with Crippen LogP contribution in [0.25, 0.3) is 5.65 Å². The number of carbonyl (C=O) groups is 3. The van der Waals surface area contributed by atoms with E-state index in [4.69, 9.17) is 23.7 Å². The Labute approximate surface area is 238 Å². The Bertz CT molecular complexity index is 1760. The summed E-state index contributed by atoms with van der Waals surface area (Å²) in [6, 6.07) is 0. The fourth-order valence-corrected chi connectivity index (χ4v) is 9.31. The van der Waals surface area contributed by atoms with E-state index in [1.165, 1.54) is 13.4 Å². The summed E-state index contributed by atoms with van der Waals surface area (Å²) in [5.41, 5.74) is -1.70. The van der Waals surface area contributed by atoms with Crippen LogP contribution in [0.5, 0.6) is 0 Å². The van der Waals surface area contributed by atoms with Gasteiger partial charge < -0.3 is 23.7 Å². The number of aromatic nitrogens is 5. The van der Waals surface area contributed by atoms with Crippen LogP contribution < -0.4 is 5.69 Å².